The first kappa shape index (κ1) is 17.3. The number of benzene rings is 1. The Hall–Kier alpha value is -0.736. The second kappa shape index (κ2) is 7.89. The molecule has 0 aromatic heterocycles. The summed E-state index contributed by atoms with van der Waals surface area (Å²) in [7, 11) is 0. The van der Waals surface area contributed by atoms with Crippen molar-refractivity contribution in [3.8, 4) is 0 Å². The van der Waals surface area contributed by atoms with Crippen molar-refractivity contribution in [2.24, 2.45) is 5.92 Å². The zero-order valence-electron chi connectivity index (χ0n) is 11.6. The number of nitrogens with zero attached hydrogens (tertiary/aromatic N) is 1. The van der Waals surface area contributed by atoms with Crippen LogP contribution in [0.1, 0.15) is 39.0 Å². The molecule has 1 aromatic rings. The van der Waals surface area contributed by atoms with Gasteiger partial charge in [0.1, 0.15) is 0 Å². The molecular formula is C15H18F2NOTi-. The van der Waals surface area contributed by atoms with E-state index in [-0.39, 0.29) is 39.2 Å². The van der Waals surface area contributed by atoms with Gasteiger partial charge in [-0.05, 0) is 25.5 Å². The maximum absolute atomic E-state index is 13.7. The molecule has 5 heteroatoms. The Bertz CT molecular complexity index is 461. The molecule has 1 aliphatic carbocycles. The van der Waals surface area contributed by atoms with E-state index in [0.717, 1.165) is 38.2 Å². The first-order valence-electron chi connectivity index (χ1n) is 6.82. The maximum Gasteiger partial charge on any atom is 0.219 e. The van der Waals surface area contributed by atoms with Crippen molar-refractivity contribution in [1.82, 2.24) is 0 Å². The number of hydrogen-bond acceptors (Lipinski definition) is 1. The van der Waals surface area contributed by atoms with Crippen molar-refractivity contribution < 1.29 is 35.3 Å². The van der Waals surface area contributed by atoms with Crippen LogP contribution in [-0.4, -0.2) is 12.5 Å². The zero-order valence-corrected chi connectivity index (χ0v) is 13.1. The number of carbonyl (C=O) groups excluding carboxylic acids is 1. The van der Waals surface area contributed by atoms with Crippen molar-refractivity contribution in [3.05, 3.63) is 29.8 Å². The van der Waals surface area contributed by atoms with E-state index in [0.29, 0.717) is 6.54 Å². The molecule has 0 unspecified atom stereocenters. The van der Waals surface area contributed by atoms with Crippen LogP contribution in [-0.2, 0) is 26.5 Å². The third kappa shape index (κ3) is 3.89. The molecule has 0 bridgehead atoms. The summed E-state index contributed by atoms with van der Waals surface area (Å²) < 4.78 is 26.6. The molecule has 0 saturated heterocycles. The number of amides is 1. The van der Waals surface area contributed by atoms with E-state index in [2.05, 4.69) is 0 Å². The predicted molar refractivity (Wildman–Crippen MR) is 69.8 cm³/mol. The minimum absolute atomic E-state index is 0. The monoisotopic (exact) mass is 314 g/mol. The molecule has 1 amide bonds. The summed E-state index contributed by atoms with van der Waals surface area (Å²) >= 11 is 0. The molecular weight excluding hydrogens is 296 g/mol. The molecule has 108 valence electrons. The molecule has 1 fully saturated rings. The molecule has 2 rings (SSSR count). The fourth-order valence-electron chi connectivity index (χ4n) is 2.66. The van der Waals surface area contributed by atoms with Crippen LogP contribution in [0.2, 0.25) is 0 Å². The van der Waals surface area contributed by atoms with Crippen molar-refractivity contribution in [2.75, 3.05) is 11.4 Å². The Morgan fingerprint density at radius 1 is 1.30 bits per heavy atom. The molecule has 0 spiro atoms. The number of carbonyl (C=O) groups is 1. The Labute approximate surface area is 133 Å². The maximum atomic E-state index is 13.7. The van der Waals surface area contributed by atoms with Crippen LogP contribution in [0.5, 0.6) is 0 Å². The molecule has 1 aromatic carbocycles. The van der Waals surface area contributed by atoms with Gasteiger partial charge < -0.3 is 4.90 Å². The van der Waals surface area contributed by atoms with Crippen LogP contribution >= 0.6 is 0 Å². The van der Waals surface area contributed by atoms with Gasteiger partial charge in [-0.2, -0.15) is 0 Å². The van der Waals surface area contributed by atoms with Crippen LogP contribution in [0, 0.1) is 23.6 Å². The van der Waals surface area contributed by atoms with Gasteiger partial charge in [-0.1, -0.05) is 19.3 Å². The summed E-state index contributed by atoms with van der Waals surface area (Å²) in [5.41, 5.74) is 0.125. The van der Waals surface area contributed by atoms with E-state index < -0.39 is 11.6 Å². The largest absolute Gasteiger partial charge is 0.364 e. The van der Waals surface area contributed by atoms with Gasteiger partial charge in [0.05, 0.1) is 0 Å². The smallest absolute Gasteiger partial charge is 0.219 e. The van der Waals surface area contributed by atoms with Gasteiger partial charge in [-0.3, -0.25) is 4.79 Å². The van der Waals surface area contributed by atoms with Gasteiger partial charge >= 0.3 is 0 Å². The Morgan fingerprint density at radius 2 is 1.95 bits per heavy atom. The van der Waals surface area contributed by atoms with Crippen molar-refractivity contribution in [2.45, 2.75) is 39.0 Å². The molecule has 1 saturated carbocycles. The topological polar surface area (TPSA) is 20.3 Å². The summed E-state index contributed by atoms with van der Waals surface area (Å²) in [5, 5.41) is 0. The molecule has 20 heavy (non-hydrogen) atoms. The third-order valence-corrected chi connectivity index (χ3v) is 3.67. The first-order chi connectivity index (χ1) is 9.13. The number of halogens is 2. The summed E-state index contributed by atoms with van der Waals surface area (Å²) in [6, 6.07) is 4.43. The minimum atomic E-state index is -0.800. The van der Waals surface area contributed by atoms with Gasteiger partial charge in [-0.15, -0.1) is 18.2 Å². The van der Waals surface area contributed by atoms with Crippen molar-refractivity contribution in [1.29, 1.82) is 0 Å². The van der Waals surface area contributed by atoms with E-state index in [4.69, 9.17) is 0 Å². The zero-order chi connectivity index (χ0) is 13.8. The average molecular weight is 314 g/mol. The van der Waals surface area contributed by atoms with Gasteiger partial charge in [-0.25, -0.2) is 8.78 Å². The fourth-order valence-corrected chi connectivity index (χ4v) is 2.66. The number of rotatable bonds is 3. The summed E-state index contributed by atoms with van der Waals surface area (Å²) in [5.74, 6) is -1.63. The van der Waals surface area contributed by atoms with Crippen LogP contribution in [0.3, 0.4) is 0 Å². The van der Waals surface area contributed by atoms with Crippen LogP contribution < -0.4 is 4.90 Å². The van der Waals surface area contributed by atoms with Gasteiger partial charge in [0.15, 0.2) is 0 Å². The second-order valence-corrected chi connectivity index (χ2v) is 4.92. The minimum Gasteiger partial charge on any atom is -0.364 e. The van der Waals surface area contributed by atoms with Crippen LogP contribution in [0.15, 0.2) is 12.1 Å². The van der Waals surface area contributed by atoms with E-state index in [9.17, 15) is 13.6 Å². The van der Waals surface area contributed by atoms with E-state index in [1.807, 2.05) is 6.07 Å². The Kier molecular flexibility index (Phi) is 6.83. The van der Waals surface area contributed by atoms with Crippen molar-refractivity contribution in [3.63, 3.8) is 0 Å². The molecule has 0 heterocycles. The summed E-state index contributed by atoms with van der Waals surface area (Å²) in [6.07, 6.45) is 4.98. The normalized spacial score (nSPS) is 15.6. The fraction of sp³-hybridized carbons (Fsp3) is 0.533. The quantitative estimate of drug-likeness (QED) is 0.615. The number of hydrogen-bond donors (Lipinski definition) is 0. The van der Waals surface area contributed by atoms with Gasteiger partial charge in [0.25, 0.3) is 0 Å². The van der Waals surface area contributed by atoms with E-state index >= 15 is 0 Å². The molecule has 2 nitrogen and oxygen atoms in total. The van der Waals surface area contributed by atoms with E-state index in [1.54, 1.807) is 6.92 Å². The second-order valence-electron chi connectivity index (χ2n) is 4.92. The molecule has 1 aliphatic rings. The predicted octanol–water partition coefficient (Wildman–Crippen LogP) is 3.70. The molecule has 0 atom stereocenters. The molecule has 0 aliphatic heterocycles. The Morgan fingerprint density at radius 3 is 2.50 bits per heavy atom. The van der Waals surface area contributed by atoms with Crippen LogP contribution in [0.4, 0.5) is 14.5 Å². The first-order valence-corrected chi connectivity index (χ1v) is 6.82. The number of anilines is 1. The van der Waals surface area contributed by atoms with E-state index in [1.165, 1.54) is 11.0 Å². The third-order valence-electron chi connectivity index (χ3n) is 3.67. The van der Waals surface area contributed by atoms with Gasteiger partial charge in [0, 0.05) is 45.8 Å². The van der Waals surface area contributed by atoms with Crippen molar-refractivity contribution >= 4 is 11.6 Å². The standard InChI is InChI=1S/C15H18F2NO.Ti/c1-2-18(14-9-8-12(16)10-13(14)17)15(19)11-6-4-3-5-7-11;/h8-9,11H,2-7H2,1H3;/q-1;. The van der Waals surface area contributed by atoms with Gasteiger partial charge in [0.2, 0.25) is 5.91 Å². The van der Waals surface area contributed by atoms with Crippen LogP contribution in [0.25, 0.3) is 0 Å². The summed E-state index contributed by atoms with van der Waals surface area (Å²) in [4.78, 5) is 13.8. The SMILES string of the molecule is CCN(C(=O)C1CCCCC1)c1ccc(F)[c-]c1F.[Ti]. The molecule has 0 radical (unpaired) electrons. The Balaban J connectivity index is 0.00000200. The molecule has 0 N–H and O–H groups in total. The summed E-state index contributed by atoms with van der Waals surface area (Å²) in [6.45, 7) is 2.18. The average Bonchev–Trinajstić information content (AvgIpc) is 2.42.